The molecule has 0 saturated carbocycles. The first-order valence-electron chi connectivity index (χ1n) is 7.70. The minimum Gasteiger partial charge on any atom is -0.460 e. The molecule has 0 radical (unpaired) electrons. The van der Waals surface area contributed by atoms with Gasteiger partial charge in [-0.25, -0.2) is 0 Å². The molecule has 0 N–H and O–H groups in total. The summed E-state index contributed by atoms with van der Waals surface area (Å²) in [5, 5.41) is 0. The molecule has 3 nitrogen and oxygen atoms in total. The first-order valence-corrected chi connectivity index (χ1v) is 8.49. The van der Waals surface area contributed by atoms with Crippen molar-refractivity contribution in [2.24, 2.45) is 5.92 Å². The summed E-state index contributed by atoms with van der Waals surface area (Å²) in [6.45, 7) is 7.54. The molecule has 1 atom stereocenters. The van der Waals surface area contributed by atoms with Crippen molar-refractivity contribution in [2.45, 2.75) is 59.0 Å². The van der Waals surface area contributed by atoms with Crippen molar-refractivity contribution in [1.29, 1.82) is 0 Å². The maximum Gasteiger partial charge on any atom is 0.309 e. The van der Waals surface area contributed by atoms with Crippen molar-refractivity contribution in [2.75, 3.05) is 0 Å². The number of rotatable bonds is 7. The van der Waals surface area contributed by atoms with Crippen LogP contribution in [-0.4, -0.2) is 17.4 Å². The third kappa shape index (κ3) is 7.21. The van der Waals surface area contributed by atoms with Gasteiger partial charge in [-0.2, -0.15) is 0 Å². The summed E-state index contributed by atoms with van der Waals surface area (Å²) in [5.41, 5.74) is 0.449. The number of ketones is 1. The standard InChI is InChI=1S/C18H25BrO3/c1-5-6-14(17(21)22-18(2,3)4)12-16(20)11-13-7-9-15(19)10-8-13/h7-10,14H,5-6,11-12H2,1-4H3/t14-/m1/s1. The predicted molar refractivity (Wildman–Crippen MR) is 91.7 cm³/mol. The van der Waals surface area contributed by atoms with Crippen molar-refractivity contribution < 1.29 is 14.3 Å². The molecule has 122 valence electrons. The van der Waals surface area contributed by atoms with Crippen LogP contribution in [0.2, 0.25) is 0 Å². The number of Topliss-reactive ketones (excluding diaryl/α,β-unsaturated/α-hetero) is 1. The Hall–Kier alpha value is -1.16. The largest absolute Gasteiger partial charge is 0.460 e. The monoisotopic (exact) mass is 368 g/mol. The second kappa shape index (κ2) is 8.47. The van der Waals surface area contributed by atoms with E-state index in [-0.39, 0.29) is 24.1 Å². The van der Waals surface area contributed by atoms with E-state index in [1.54, 1.807) is 0 Å². The van der Waals surface area contributed by atoms with Crippen LogP contribution in [0.3, 0.4) is 0 Å². The molecule has 0 heterocycles. The zero-order chi connectivity index (χ0) is 16.8. The van der Waals surface area contributed by atoms with Crippen LogP contribution in [0.25, 0.3) is 0 Å². The second-order valence-electron chi connectivity index (χ2n) is 6.57. The lowest BCUT2D eigenvalue weighted by atomic mass is 9.94. The van der Waals surface area contributed by atoms with Gasteiger partial charge in [0.05, 0.1) is 5.92 Å². The van der Waals surface area contributed by atoms with E-state index in [4.69, 9.17) is 4.74 Å². The van der Waals surface area contributed by atoms with Crippen LogP contribution in [0.4, 0.5) is 0 Å². The van der Waals surface area contributed by atoms with Gasteiger partial charge in [0.1, 0.15) is 11.4 Å². The van der Waals surface area contributed by atoms with E-state index in [0.29, 0.717) is 12.8 Å². The van der Waals surface area contributed by atoms with Crippen molar-refractivity contribution >= 4 is 27.7 Å². The third-order valence-electron chi connectivity index (χ3n) is 3.17. The third-order valence-corrected chi connectivity index (χ3v) is 3.69. The fraction of sp³-hybridized carbons (Fsp3) is 0.556. The van der Waals surface area contributed by atoms with E-state index < -0.39 is 5.60 Å². The van der Waals surface area contributed by atoms with Crippen molar-refractivity contribution in [3.8, 4) is 0 Å². The molecule has 0 bridgehead atoms. The number of carbonyl (C=O) groups is 2. The Balaban J connectivity index is 2.63. The SMILES string of the molecule is CCC[C@H](CC(=O)Cc1ccc(Br)cc1)C(=O)OC(C)(C)C. The lowest BCUT2D eigenvalue weighted by Crippen LogP contribution is -2.30. The van der Waals surface area contributed by atoms with Crippen molar-refractivity contribution in [3.05, 3.63) is 34.3 Å². The van der Waals surface area contributed by atoms with Crippen LogP contribution in [-0.2, 0) is 20.7 Å². The number of carbonyl (C=O) groups excluding carboxylic acids is 2. The summed E-state index contributed by atoms with van der Waals surface area (Å²) in [7, 11) is 0. The molecule has 0 aliphatic heterocycles. The summed E-state index contributed by atoms with van der Waals surface area (Å²) in [5.74, 6) is -0.530. The lowest BCUT2D eigenvalue weighted by Gasteiger charge is -2.23. The summed E-state index contributed by atoms with van der Waals surface area (Å²) in [4.78, 5) is 24.4. The number of benzene rings is 1. The van der Waals surface area contributed by atoms with Gasteiger partial charge in [0, 0.05) is 17.3 Å². The highest BCUT2D eigenvalue weighted by Gasteiger charge is 2.26. The van der Waals surface area contributed by atoms with Gasteiger partial charge in [-0.1, -0.05) is 41.4 Å². The average molecular weight is 369 g/mol. The highest BCUT2D eigenvalue weighted by atomic mass is 79.9. The molecule has 0 aliphatic rings. The highest BCUT2D eigenvalue weighted by molar-refractivity contribution is 9.10. The van der Waals surface area contributed by atoms with E-state index in [9.17, 15) is 9.59 Å². The molecule has 1 rings (SSSR count). The van der Waals surface area contributed by atoms with Crippen LogP contribution in [0.15, 0.2) is 28.7 Å². The van der Waals surface area contributed by atoms with Crippen LogP contribution in [0, 0.1) is 5.92 Å². The minimum absolute atomic E-state index is 0.0756. The molecule has 4 heteroatoms. The lowest BCUT2D eigenvalue weighted by molar-refractivity contribution is -0.161. The fourth-order valence-corrected chi connectivity index (χ4v) is 2.48. The maximum absolute atomic E-state index is 12.2. The molecule has 0 saturated heterocycles. The summed E-state index contributed by atoms with van der Waals surface area (Å²) < 4.78 is 6.41. The Morgan fingerprint density at radius 1 is 1.18 bits per heavy atom. The molecule has 0 aliphatic carbocycles. The molecular formula is C18H25BrO3. The molecule has 22 heavy (non-hydrogen) atoms. The fourth-order valence-electron chi connectivity index (χ4n) is 2.21. The predicted octanol–water partition coefficient (Wildman–Crippen LogP) is 4.71. The summed E-state index contributed by atoms with van der Waals surface area (Å²) in [6, 6.07) is 7.68. The minimum atomic E-state index is -0.516. The maximum atomic E-state index is 12.2. The second-order valence-corrected chi connectivity index (χ2v) is 7.48. The van der Waals surface area contributed by atoms with Gasteiger partial charge in [-0.05, 0) is 44.9 Å². The number of ether oxygens (including phenoxy) is 1. The van der Waals surface area contributed by atoms with Gasteiger partial charge in [-0.3, -0.25) is 9.59 Å². The van der Waals surface area contributed by atoms with Gasteiger partial charge < -0.3 is 4.74 Å². The number of hydrogen-bond acceptors (Lipinski definition) is 3. The summed E-state index contributed by atoms with van der Waals surface area (Å²) >= 11 is 3.37. The molecule has 1 aromatic rings. The number of hydrogen-bond donors (Lipinski definition) is 0. The molecule has 1 aromatic carbocycles. The molecule has 0 spiro atoms. The van der Waals surface area contributed by atoms with Gasteiger partial charge in [0.15, 0.2) is 0 Å². The first kappa shape index (κ1) is 18.9. The van der Waals surface area contributed by atoms with Crippen LogP contribution < -0.4 is 0 Å². The van der Waals surface area contributed by atoms with Crippen molar-refractivity contribution in [3.63, 3.8) is 0 Å². The molecule has 0 unspecified atom stereocenters. The van der Waals surface area contributed by atoms with E-state index in [1.807, 2.05) is 52.0 Å². The van der Waals surface area contributed by atoms with E-state index in [2.05, 4.69) is 15.9 Å². The Kier molecular flexibility index (Phi) is 7.27. The summed E-state index contributed by atoms with van der Waals surface area (Å²) in [6.07, 6.45) is 2.14. The quantitative estimate of drug-likeness (QED) is 0.654. The normalized spacial score (nSPS) is 12.8. The Bertz CT molecular complexity index is 500. The average Bonchev–Trinajstić information content (AvgIpc) is 2.39. The zero-order valence-corrected chi connectivity index (χ0v) is 15.4. The van der Waals surface area contributed by atoms with Gasteiger partial charge in [0.25, 0.3) is 0 Å². The molecular weight excluding hydrogens is 344 g/mol. The topological polar surface area (TPSA) is 43.4 Å². The van der Waals surface area contributed by atoms with E-state index in [1.165, 1.54) is 0 Å². The van der Waals surface area contributed by atoms with Crippen LogP contribution in [0.5, 0.6) is 0 Å². The van der Waals surface area contributed by atoms with Gasteiger partial charge in [-0.15, -0.1) is 0 Å². The Morgan fingerprint density at radius 3 is 2.27 bits per heavy atom. The Morgan fingerprint density at radius 2 is 1.77 bits per heavy atom. The number of esters is 1. The smallest absolute Gasteiger partial charge is 0.309 e. The molecule has 0 fully saturated rings. The highest BCUT2D eigenvalue weighted by Crippen LogP contribution is 2.20. The van der Waals surface area contributed by atoms with Crippen molar-refractivity contribution in [1.82, 2.24) is 0 Å². The van der Waals surface area contributed by atoms with Gasteiger partial charge >= 0.3 is 5.97 Å². The number of halogens is 1. The van der Waals surface area contributed by atoms with Crippen LogP contribution in [0.1, 0.15) is 52.5 Å². The van der Waals surface area contributed by atoms with E-state index in [0.717, 1.165) is 16.5 Å². The van der Waals surface area contributed by atoms with Crippen LogP contribution >= 0.6 is 15.9 Å². The first-order chi connectivity index (χ1) is 10.2. The van der Waals surface area contributed by atoms with E-state index >= 15 is 0 Å². The van der Waals surface area contributed by atoms with Gasteiger partial charge in [0.2, 0.25) is 0 Å². The zero-order valence-electron chi connectivity index (χ0n) is 13.8. The molecule has 0 aromatic heterocycles. The Labute approximate surface area is 141 Å². The molecule has 0 amide bonds.